The molecule has 0 aromatic heterocycles. The number of hydrogen-bond acceptors (Lipinski definition) is 4. The lowest BCUT2D eigenvalue weighted by molar-refractivity contribution is 0.101. The number of thioether (sulfide) groups is 1. The van der Waals surface area contributed by atoms with Crippen LogP contribution in [-0.2, 0) is 6.54 Å². The number of rotatable bonds is 6. The summed E-state index contributed by atoms with van der Waals surface area (Å²) in [7, 11) is 4.10. The van der Waals surface area contributed by atoms with Crippen molar-refractivity contribution < 1.29 is 4.79 Å². The van der Waals surface area contributed by atoms with Crippen molar-refractivity contribution >= 4 is 34.1 Å². The number of thiocarbonyl (C=S) groups is 1. The first-order chi connectivity index (χ1) is 9.81. The highest BCUT2D eigenvalue weighted by molar-refractivity contribution is 8.22. The van der Waals surface area contributed by atoms with E-state index in [1.165, 1.54) is 5.56 Å². The minimum Gasteiger partial charge on any atom is -0.367 e. The Balaban J connectivity index is 2.61. The molecule has 0 amide bonds. The van der Waals surface area contributed by atoms with Crippen molar-refractivity contribution in [1.29, 1.82) is 0 Å². The average Bonchev–Trinajstić information content (AvgIpc) is 2.36. The Kier molecular flexibility index (Phi) is 7.35. The minimum atomic E-state index is 0.108. The molecule has 0 heterocycles. The predicted octanol–water partition coefficient (Wildman–Crippen LogP) is 3.18. The first kappa shape index (κ1) is 18.1. The van der Waals surface area contributed by atoms with Gasteiger partial charge >= 0.3 is 0 Å². The number of carbonyl (C=O) groups is 1. The van der Waals surface area contributed by atoms with Crippen LogP contribution >= 0.6 is 24.0 Å². The van der Waals surface area contributed by atoms with Gasteiger partial charge in [0.25, 0.3) is 0 Å². The van der Waals surface area contributed by atoms with Gasteiger partial charge in [0.05, 0.1) is 0 Å². The van der Waals surface area contributed by atoms with Crippen LogP contribution in [0.5, 0.6) is 0 Å². The molecule has 0 saturated carbocycles. The lowest BCUT2D eigenvalue weighted by Crippen LogP contribution is -2.21. The fraction of sp³-hybridized carbons (Fsp3) is 0.500. The molecule has 0 bridgehead atoms. The lowest BCUT2D eigenvalue weighted by atomic mass is 9.98. The van der Waals surface area contributed by atoms with Gasteiger partial charge in [-0.1, -0.05) is 30.0 Å². The summed E-state index contributed by atoms with van der Waals surface area (Å²) in [4.78, 5) is 13.8. The van der Waals surface area contributed by atoms with Crippen LogP contribution in [-0.4, -0.2) is 41.4 Å². The third kappa shape index (κ3) is 6.16. The quantitative estimate of drug-likeness (QED) is 0.642. The summed E-state index contributed by atoms with van der Waals surface area (Å²) in [5.41, 5.74) is 4.14. The standard InChI is InChI=1S/C16H24N2OS2/c1-11-8-12(2)15(13(3)19)9-14(11)10-17-16(20)21-7-6-18(4)5/h8-9H,6-7,10H2,1-5H3,(H,17,20). The largest absolute Gasteiger partial charge is 0.367 e. The molecule has 3 nitrogen and oxygen atoms in total. The van der Waals surface area contributed by atoms with Crippen LogP contribution < -0.4 is 5.32 Å². The third-order valence-corrected chi connectivity index (χ3v) is 4.55. The Hall–Kier alpha value is -0.910. The zero-order valence-corrected chi connectivity index (χ0v) is 15.1. The van der Waals surface area contributed by atoms with Crippen molar-refractivity contribution in [2.75, 3.05) is 26.4 Å². The van der Waals surface area contributed by atoms with E-state index in [0.29, 0.717) is 6.54 Å². The van der Waals surface area contributed by atoms with E-state index >= 15 is 0 Å². The zero-order chi connectivity index (χ0) is 16.0. The van der Waals surface area contributed by atoms with Gasteiger partial charge in [-0.05, 0) is 57.6 Å². The van der Waals surface area contributed by atoms with Gasteiger partial charge < -0.3 is 10.2 Å². The molecule has 21 heavy (non-hydrogen) atoms. The van der Waals surface area contributed by atoms with Crippen molar-refractivity contribution in [1.82, 2.24) is 10.2 Å². The van der Waals surface area contributed by atoms with E-state index in [2.05, 4.69) is 37.3 Å². The fourth-order valence-corrected chi connectivity index (χ4v) is 3.14. The number of nitrogens with zero attached hydrogens (tertiary/aromatic N) is 1. The molecule has 1 rings (SSSR count). The molecular formula is C16H24N2OS2. The second-order valence-corrected chi connectivity index (χ2v) is 7.21. The molecule has 0 atom stereocenters. The van der Waals surface area contributed by atoms with Crippen molar-refractivity contribution in [2.45, 2.75) is 27.3 Å². The normalized spacial score (nSPS) is 10.8. The molecule has 0 unspecified atom stereocenters. The lowest BCUT2D eigenvalue weighted by Gasteiger charge is -2.13. The topological polar surface area (TPSA) is 32.3 Å². The van der Waals surface area contributed by atoms with Crippen LogP contribution in [0.2, 0.25) is 0 Å². The molecule has 5 heteroatoms. The molecule has 1 N–H and O–H groups in total. The summed E-state index contributed by atoms with van der Waals surface area (Å²) >= 11 is 6.98. The molecule has 0 spiro atoms. The zero-order valence-electron chi connectivity index (χ0n) is 13.4. The second-order valence-electron chi connectivity index (χ2n) is 5.44. The number of nitrogens with one attached hydrogen (secondary N) is 1. The van der Waals surface area contributed by atoms with Crippen LogP contribution in [0.4, 0.5) is 0 Å². The van der Waals surface area contributed by atoms with Crippen molar-refractivity contribution in [2.24, 2.45) is 0 Å². The Labute approximate surface area is 137 Å². The van der Waals surface area contributed by atoms with Crippen LogP contribution in [0.1, 0.15) is 34.0 Å². The highest BCUT2D eigenvalue weighted by atomic mass is 32.2. The number of Topliss-reactive ketones (excluding diaryl/α,β-unsaturated/α-hetero) is 1. The fourth-order valence-electron chi connectivity index (χ4n) is 2.01. The predicted molar refractivity (Wildman–Crippen MR) is 96.4 cm³/mol. The first-order valence-corrected chi connectivity index (χ1v) is 8.37. The van der Waals surface area contributed by atoms with Gasteiger partial charge in [-0.15, -0.1) is 0 Å². The summed E-state index contributed by atoms with van der Waals surface area (Å²) in [5.74, 6) is 1.08. The maximum atomic E-state index is 11.6. The van der Waals surface area contributed by atoms with Crippen LogP contribution in [0.25, 0.3) is 0 Å². The molecular weight excluding hydrogens is 300 g/mol. The SMILES string of the molecule is CC(=O)c1cc(CNC(=S)SCCN(C)C)c(C)cc1C. The van der Waals surface area contributed by atoms with Crippen molar-refractivity contribution in [3.05, 3.63) is 34.4 Å². The molecule has 0 radical (unpaired) electrons. The van der Waals surface area contributed by atoms with Gasteiger partial charge in [0.1, 0.15) is 4.32 Å². The van der Waals surface area contributed by atoms with Gasteiger partial charge in [-0.25, -0.2) is 0 Å². The van der Waals surface area contributed by atoms with Crippen LogP contribution in [0.15, 0.2) is 12.1 Å². The third-order valence-electron chi connectivity index (χ3n) is 3.26. The molecule has 116 valence electrons. The smallest absolute Gasteiger partial charge is 0.160 e. The van der Waals surface area contributed by atoms with Gasteiger partial charge in [0, 0.05) is 24.4 Å². The number of hydrogen-bond donors (Lipinski definition) is 1. The maximum Gasteiger partial charge on any atom is 0.160 e. The van der Waals surface area contributed by atoms with E-state index < -0.39 is 0 Å². The number of ketones is 1. The molecule has 0 fully saturated rings. The van der Waals surface area contributed by atoms with E-state index in [0.717, 1.165) is 33.3 Å². The molecule has 1 aromatic rings. The molecule has 1 aromatic carbocycles. The summed E-state index contributed by atoms with van der Waals surface area (Å²) in [6.45, 7) is 7.32. The molecule has 0 aliphatic heterocycles. The number of aryl methyl sites for hydroxylation is 2. The summed E-state index contributed by atoms with van der Waals surface area (Å²) < 4.78 is 0.807. The Morgan fingerprint density at radius 1 is 1.29 bits per heavy atom. The monoisotopic (exact) mass is 324 g/mol. The Morgan fingerprint density at radius 2 is 1.95 bits per heavy atom. The van der Waals surface area contributed by atoms with Gasteiger partial charge in [-0.2, -0.15) is 0 Å². The Morgan fingerprint density at radius 3 is 2.52 bits per heavy atom. The molecule has 0 saturated heterocycles. The van der Waals surface area contributed by atoms with Crippen molar-refractivity contribution in [3.63, 3.8) is 0 Å². The van der Waals surface area contributed by atoms with E-state index in [-0.39, 0.29) is 5.78 Å². The van der Waals surface area contributed by atoms with E-state index in [1.807, 2.05) is 13.0 Å². The number of benzene rings is 1. The van der Waals surface area contributed by atoms with Crippen molar-refractivity contribution in [3.8, 4) is 0 Å². The van der Waals surface area contributed by atoms with Gasteiger partial charge in [-0.3, -0.25) is 4.79 Å². The first-order valence-electron chi connectivity index (χ1n) is 6.97. The van der Waals surface area contributed by atoms with Crippen LogP contribution in [0.3, 0.4) is 0 Å². The van der Waals surface area contributed by atoms with Gasteiger partial charge in [0.15, 0.2) is 5.78 Å². The summed E-state index contributed by atoms with van der Waals surface area (Å²) in [6.07, 6.45) is 0. The average molecular weight is 325 g/mol. The maximum absolute atomic E-state index is 11.6. The second kappa shape index (κ2) is 8.51. The Bertz CT molecular complexity index is 527. The van der Waals surface area contributed by atoms with E-state index in [1.54, 1.807) is 18.7 Å². The van der Waals surface area contributed by atoms with Gasteiger partial charge in [0.2, 0.25) is 0 Å². The minimum absolute atomic E-state index is 0.108. The summed E-state index contributed by atoms with van der Waals surface area (Å²) in [6, 6.07) is 4.04. The molecule has 0 aliphatic rings. The number of carbonyl (C=O) groups excluding carboxylic acids is 1. The van der Waals surface area contributed by atoms with Crippen LogP contribution in [0, 0.1) is 13.8 Å². The highest BCUT2D eigenvalue weighted by Gasteiger charge is 2.08. The van der Waals surface area contributed by atoms with E-state index in [9.17, 15) is 4.79 Å². The molecule has 0 aliphatic carbocycles. The highest BCUT2D eigenvalue weighted by Crippen LogP contribution is 2.17. The van der Waals surface area contributed by atoms with E-state index in [4.69, 9.17) is 12.2 Å². The summed E-state index contributed by atoms with van der Waals surface area (Å²) in [5, 5.41) is 3.26.